The van der Waals surface area contributed by atoms with Crippen LogP contribution in [0.5, 0.6) is 0 Å². The predicted octanol–water partition coefficient (Wildman–Crippen LogP) is 2.62. The fraction of sp³-hybridized carbons (Fsp3) is 0.111. The number of amides is 1. The Morgan fingerprint density at radius 2 is 1.81 bits per heavy atom. The molecule has 3 aromatic rings. The van der Waals surface area contributed by atoms with Crippen LogP contribution in [0.25, 0.3) is 5.69 Å². The zero-order chi connectivity index (χ0) is 18.4. The lowest BCUT2D eigenvalue weighted by Gasteiger charge is -2.09. The van der Waals surface area contributed by atoms with Gasteiger partial charge in [0.25, 0.3) is 11.6 Å². The molecule has 26 heavy (non-hydrogen) atoms. The number of hydrogen-bond donors (Lipinski definition) is 2. The van der Waals surface area contributed by atoms with E-state index in [2.05, 4.69) is 15.6 Å². The van der Waals surface area contributed by atoms with Crippen molar-refractivity contribution < 1.29 is 9.72 Å². The zero-order valence-electron chi connectivity index (χ0n) is 13.8. The van der Waals surface area contributed by atoms with Gasteiger partial charge in [-0.25, -0.2) is 4.98 Å². The summed E-state index contributed by atoms with van der Waals surface area (Å²) in [4.78, 5) is 26.3. The van der Waals surface area contributed by atoms with Crippen LogP contribution in [0.2, 0.25) is 0 Å². The number of nitrogens with zero attached hydrogens (tertiary/aromatic N) is 3. The predicted molar refractivity (Wildman–Crippen MR) is 97.5 cm³/mol. The monoisotopic (exact) mass is 351 g/mol. The maximum absolute atomic E-state index is 12.1. The Kier molecular flexibility index (Phi) is 5.23. The van der Waals surface area contributed by atoms with Gasteiger partial charge in [-0.3, -0.25) is 14.9 Å². The third-order valence-corrected chi connectivity index (χ3v) is 3.75. The van der Waals surface area contributed by atoms with Gasteiger partial charge in [-0.15, -0.1) is 0 Å². The second-order valence-corrected chi connectivity index (χ2v) is 5.50. The first-order chi connectivity index (χ1) is 12.6. The highest BCUT2D eigenvalue weighted by Crippen LogP contribution is 2.15. The maximum Gasteiger partial charge on any atom is 0.269 e. The molecule has 0 aliphatic rings. The molecular formula is C18H17N5O3. The summed E-state index contributed by atoms with van der Waals surface area (Å²) in [6.45, 7) is 0.940. The second kappa shape index (κ2) is 7.93. The molecule has 0 fully saturated rings. The van der Waals surface area contributed by atoms with Gasteiger partial charge < -0.3 is 15.2 Å². The van der Waals surface area contributed by atoms with E-state index in [1.807, 2.05) is 22.9 Å². The van der Waals surface area contributed by atoms with Gasteiger partial charge in [-0.2, -0.15) is 0 Å². The number of carbonyl (C=O) groups is 1. The quantitative estimate of drug-likeness (QED) is 0.387. The van der Waals surface area contributed by atoms with Crippen molar-refractivity contribution in [2.24, 2.45) is 0 Å². The summed E-state index contributed by atoms with van der Waals surface area (Å²) < 4.78 is 1.86. The lowest BCUT2D eigenvalue weighted by atomic mass is 10.2. The Morgan fingerprint density at radius 3 is 2.42 bits per heavy atom. The van der Waals surface area contributed by atoms with Gasteiger partial charge in [0.05, 0.1) is 11.3 Å². The van der Waals surface area contributed by atoms with Crippen LogP contribution in [0.15, 0.2) is 67.3 Å². The van der Waals surface area contributed by atoms with E-state index in [-0.39, 0.29) is 11.6 Å². The number of rotatable bonds is 7. The Morgan fingerprint density at radius 1 is 1.08 bits per heavy atom. The van der Waals surface area contributed by atoms with Gasteiger partial charge >= 0.3 is 0 Å². The summed E-state index contributed by atoms with van der Waals surface area (Å²) in [5.74, 6) is -0.160. The minimum atomic E-state index is -0.442. The number of aromatic nitrogens is 2. The molecule has 132 valence electrons. The highest BCUT2D eigenvalue weighted by molar-refractivity contribution is 5.94. The van der Waals surface area contributed by atoms with E-state index in [4.69, 9.17) is 0 Å². The average molecular weight is 351 g/mol. The molecule has 1 heterocycles. The largest absolute Gasteiger partial charge is 0.383 e. The first kappa shape index (κ1) is 17.2. The summed E-state index contributed by atoms with van der Waals surface area (Å²) in [5, 5.41) is 16.5. The molecule has 0 spiro atoms. The van der Waals surface area contributed by atoms with E-state index >= 15 is 0 Å². The van der Waals surface area contributed by atoms with Crippen LogP contribution < -0.4 is 10.6 Å². The SMILES string of the molecule is O=C(NCCNc1ccc([N+](=O)[O-])cc1)c1ccc(-n2ccnc2)cc1. The van der Waals surface area contributed by atoms with Crippen molar-refractivity contribution in [1.29, 1.82) is 0 Å². The van der Waals surface area contributed by atoms with Crippen molar-refractivity contribution in [2.75, 3.05) is 18.4 Å². The van der Waals surface area contributed by atoms with Crippen molar-refractivity contribution in [1.82, 2.24) is 14.9 Å². The highest BCUT2D eigenvalue weighted by Gasteiger charge is 2.06. The van der Waals surface area contributed by atoms with E-state index in [0.717, 1.165) is 11.4 Å². The zero-order valence-corrected chi connectivity index (χ0v) is 13.8. The number of nitrogens with one attached hydrogen (secondary N) is 2. The number of anilines is 1. The number of nitro groups is 1. The van der Waals surface area contributed by atoms with E-state index in [9.17, 15) is 14.9 Å². The van der Waals surface area contributed by atoms with E-state index < -0.39 is 4.92 Å². The maximum atomic E-state index is 12.1. The van der Waals surface area contributed by atoms with Crippen molar-refractivity contribution in [3.8, 4) is 5.69 Å². The number of nitro benzene ring substituents is 1. The molecule has 3 rings (SSSR count). The summed E-state index contributed by atoms with van der Waals surface area (Å²) in [6.07, 6.45) is 5.22. The molecule has 0 saturated carbocycles. The first-order valence-corrected chi connectivity index (χ1v) is 7.98. The van der Waals surface area contributed by atoms with Gasteiger partial charge in [-0.05, 0) is 36.4 Å². The summed E-state index contributed by atoms with van der Waals surface area (Å²) in [7, 11) is 0. The van der Waals surface area contributed by atoms with Crippen LogP contribution in [0.4, 0.5) is 11.4 Å². The summed E-state index contributed by atoms with van der Waals surface area (Å²) >= 11 is 0. The normalized spacial score (nSPS) is 10.3. The molecule has 2 aromatic carbocycles. The van der Waals surface area contributed by atoms with Crippen LogP contribution in [0, 0.1) is 10.1 Å². The van der Waals surface area contributed by atoms with Crippen LogP contribution in [0.1, 0.15) is 10.4 Å². The first-order valence-electron chi connectivity index (χ1n) is 7.98. The number of carbonyl (C=O) groups excluding carboxylic acids is 1. The highest BCUT2D eigenvalue weighted by atomic mass is 16.6. The Bertz CT molecular complexity index is 874. The molecule has 8 nitrogen and oxygen atoms in total. The lowest BCUT2D eigenvalue weighted by molar-refractivity contribution is -0.384. The number of hydrogen-bond acceptors (Lipinski definition) is 5. The van der Waals surface area contributed by atoms with Gasteiger partial charge in [0, 0.05) is 54.6 Å². The molecule has 0 aliphatic carbocycles. The Labute approximate surface area is 149 Å². The van der Waals surface area contributed by atoms with Gasteiger partial charge in [0.15, 0.2) is 0 Å². The average Bonchev–Trinajstić information content (AvgIpc) is 3.20. The van der Waals surface area contributed by atoms with Gasteiger partial charge in [-0.1, -0.05) is 0 Å². The van der Waals surface area contributed by atoms with E-state index in [0.29, 0.717) is 18.7 Å². The molecule has 0 unspecified atom stereocenters. The lowest BCUT2D eigenvalue weighted by Crippen LogP contribution is -2.28. The Hall–Kier alpha value is -3.68. The Balaban J connectivity index is 1.46. The molecule has 0 aliphatic heterocycles. The molecule has 1 amide bonds. The number of non-ortho nitro benzene ring substituents is 1. The molecule has 0 atom stereocenters. The van der Waals surface area contributed by atoms with Crippen molar-refractivity contribution in [3.05, 3.63) is 82.9 Å². The standard InChI is InChI=1S/C18H17N5O3/c24-18(14-1-5-16(6-2-14)22-12-11-19-13-22)21-10-9-20-15-3-7-17(8-4-15)23(25)26/h1-8,11-13,20H,9-10H2,(H,21,24). The minimum absolute atomic E-state index is 0.0444. The molecular weight excluding hydrogens is 334 g/mol. The second-order valence-electron chi connectivity index (χ2n) is 5.50. The minimum Gasteiger partial charge on any atom is -0.383 e. The molecule has 2 N–H and O–H groups in total. The fourth-order valence-corrected chi connectivity index (χ4v) is 2.38. The third kappa shape index (κ3) is 4.23. The van der Waals surface area contributed by atoms with Gasteiger partial charge in [0.1, 0.15) is 0 Å². The topological polar surface area (TPSA) is 102 Å². The van der Waals surface area contributed by atoms with Crippen LogP contribution in [-0.2, 0) is 0 Å². The smallest absolute Gasteiger partial charge is 0.269 e. The van der Waals surface area contributed by atoms with Gasteiger partial charge in [0.2, 0.25) is 0 Å². The van der Waals surface area contributed by atoms with Crippen molar-refractivity contribution in [2.45, 2.75) is 0 Å². The van der Waals surface area contributed by atoms with Crippen molar-refractivity contribution >= 4 is 17.3 Å². The van der Waals surface area contributed by atoms with Crippen LogP contribution in [0.3, 0.4) is 0 Å². The fourth-order valence-electron chi connectivity index (χ4n) is 2.38. The molecule has 1 aromatic heterocycles. The number of benzene rings is 2. The van der Waals surface area contributed by atoms with Crippen LogP contribution in [-0.4, -0.2) is 33.5 Å². The third-order valence-electron chi connectivity index (χ3n) is 3.75. The van der Waals surface area contributed by atoms with Crippen molar-refractivity contribution in [3.63, 3.8) is 0 Å². The van der Waals surface area contributed by atoms with E-state index in [1.165, 1.54) is 12.1 Å². The number of imidazole rings is 1. The molecule has 0 radical (unpaired) electrons. The summed E-state index contributed by atoms with van der Waals surface area (Å²) in [5.41, 5.74) is 2.31. The van der Waals surface area contributed by atoms with E-state index in [1.54, 1.807) is 36.8 Å². The molecule has 8 heteroatoms. The summed E-state index contributed by atoms with van der Waals surface area (Å²) in [6, 6.07) is 13.4. The van der Waals surface area contributed by atoms with Crippen LogP contribution >= 0.6 is 0 Å². The molecule has 0 bridgehead atoms. The molecule has 0 saturated heterocycles.